The van der Waals surface area contributed by atoms with E-state index in [2.05, 4.69) is 10.2 Å². The predicted molar refractivity (Wildman–Crippen MR) is 132 cm³/mol. The van der Waals surface area contributed by atoms with Gasteiger partial charge in [-0.2, -0.15) is 0 Å². The second kappa shape index (κ2) is 9.66. The lowest BCUT2D eigenvalue weighted by molar-refractivity contribution is -0.125. The van der Waals surface area contributed by atoms with Crippen LogP contribution in [0.2, 0.25) is 5.02 Å². The van der Waals surface area contributed by atoms with Crippen LogP contribution in [0.1, 0.15) is 48.0 Å². The summed E-state index contributed by atoms with van der Waals surface area (Å²) in [5.41, 5.74) is 3.07. The van der Waals surface area contributed by atoms with Crippen molar-refractivity contribution in [2.24, 2.45) is 0 Å². The van der Waals surface area contributed by atoms with Crippen LogP contribution >= 0.6 is 11.6 Å². The average molecular weight is 481 g/mol. The van der Waals surface area contributed by atoms with Gasteiger partial charge in [-0.15, -0.1) is 0 Å². The summed E-state index contributed by atoms with van der Waals surface area (Å²) in [5.74, 6) is -0.324. The molecule has 1 unspecified atom stereocenters. The third-order valence-corrected chi connectivity index (χ3v) is 7.23. The van der Waals surface area contributed by atoms with Crippen molar-refractivity contribution in [2.75, 3.05) is 36.0 Å². The van der Waals surface area contributed by atoms with Crippen LogP contribution in [0.4, 0.5) is 11.4 Å². The van der Waals surface area contributed by atoms with Crippen molar-refractivity contribution in [3.8, 4) is 0 Å². The molecule has 1 atom stereocenters. The van der Waals surface area contributed by atoms with Crippen molar-refractivity contribution in [2.45, 2.75) is 44.7 Å². The van der Waals surface area contributed by atoms with Gasteiger partial charge in [-0.1, -0.05) is 23.7 Å². The summed E-state index contributed by atoms with van der Waals surface area (Å²) >= 11 is 5.94. The highest BCUT2D eigenvalue weighted by Crippen LogP contribution is 2.40. The minimum atomic E-state index is -0.259. The van der Waals surface area contributed by atoms with Gasteiger partial charge >= 0.3 is 0 Å². The predicted octanol–water partition coefficient (Wildman–Crippen LogP) is 3.60. The van der Waals surface area contributed by atoms with Crippen molar-refractivity contribution >= 4 is 40.7 Å². The number of hydrogen-bond donors (Lipinski definition) is 1. The Morgan fingerprint density at radius 2 is 1.68 bits per heavy atom. The number of anilines is 2. The van der Waals surface area contributed by atoms with Crippen LogP contribution in [0.5, 0.6) is 0 Å². The summed E-state index contributed by atoms with van der Waals surface area (Å²) in [7, 11) is 0. The molecule has 3 aliphatic heterocycles. The van der Waals surface area contributed by atoms with Gasteiger partial charge in [0.15, 0.2) is 0 Å². The largest absolute Gasteiger partial charge is 0.358 e. The molecule has 0 aromatic heterocycles. The molecule has 0 aliphatic carbocycles. The zero-order chi connectivity index (χ0) is 23.7. The van der Waals surface area contributed by atoms with Crippen molar-refractivity contribution in [3.05, 3.63) is 58.6 Å². The molecule has 178 valence electrons. The number of amides is 3. The molecule has 2 saturated heterocycles. The van der Waals surface area contributed by atoms with Crippen LogP contribution in [-0.4, -0.2) is 54.8 Å². The lowest BCUT2D eigenvalue weighted by Crippen LogP contribution is -2.57. The fraction of sp³-hybridized carbons (Fsp3) is 0.423. The van der Waals surface area contributed by atoms with Crippen molar-refractivity contribution in [1.29, 1.82) is 0 Å². The lowest BCUT2D eigenvalue weighted by Gasteiger charge is -2.45. The monoisotopic (exact) mass is 480 g/mol. The van der Waals surface area contributed by atoms with Crippen LogP contribution in [-0.2, 0) is 16.1 Å². The highest BCUT2D eigenvalue weighted by atomic mass is 35.5. The zero-order valence-electron chi connectivity index (χ0n) is 19.1. The van der Waals surface area contributed by atoms with Crippen LogP contribution < -0.4 is 15.1 Å². The summed E-state index contributed by atoms with van der Waals surface area (Å²) in [6.07, 6.45) is 4.83. The molecular weight excluding hydrogens is 452 g/mol. The Hall–Kier alpha value is -3.06. The first-order valence-electron chi connectivity index (χ1n) is 12.0. The minimum absolute atomic E-state index is 0.0133. The molecule has 34 heavy (non-hydrogen) atoms. The lowest BCUT2D eigenvalue weighted by atomic mass is 9.95. The molecule has 2 fully saturated rings. The number of carbonyl (C=O) groups excluding carboxylic acids is 3. The van der Waals surface area contributed by atoms with E-state index in [1.165, 1.54) is 0 Å². The van der Waals surface area contributed by atoms with Gasteiger partial charge in [-0.05, 0) is 68.0 Å². The van der Waals surface area contributed by atoms with E-state index in [0.717, 1.165) is 63.0 Å². The summed E-state index contributed by atoms with van der Waals surface area (Å²) < 4.78 is 0. The smallest absolute Gasteiger partial charge is 0.253 e. The van der Waals surface area contributed by atoms with Crippen molar-refractivity contribution in [3.63, 3.8) is 0 Å². The molecule has 7 nitrogen and oxygen atoms in total. The first-order chi connectivity index (χ1) is 16.5. The fourth-order valence-electron chi connectivity index (χ4n) is 5.16. The Morgan fingerprint density at radius 3 is 2.44 bits per heavy atom. The fourth-order valence-corrected chi connectivity index (χ4v) is 5.29. The van der Waals surface area contributed by atoms with Gasteiger partial charge in [0.25, 0.3) is 5.91 Å². The molecule has 0 radical (unpaired) electrons. The van der Waals surface area contributed by atoms with Crippen LogP contribution in [0.15, 0.2) is 42.5 Å². The Kier molecular flexibility index (Phi) is 6.46. The molecule has 5 rings (SSSR count). The molecule has 3 aliphatic rings. The van der Waals surface area contributed by atoms with E-state index in [9.17, 15) is 14.4 Å². The molecule has 0 bridgehead atoms. The third-order valence-electron chi connectivity index (χ3n) is 6.97. The van der Waals surface area contributed by atoms with Crippen LogP contribution in [0.3, 0.4) is 0 Å². The molecule has 3 heterocycles. The van der Waals surface area contributed by atoms with Gasteiger partial charge in [0, 0.05) is 36.8 Å². The van der Waals surface area contributed by atoms with E-state index >= 15 is 0 Å². The van der Waals surface area contributed by atoms with E-state index in [1.54, 1.807) is 23.1 Å². The number of carbonyl (C=O) groups is 3. The average Bonchev–Trinajstić information content (AvgIpc) is 3.40. The maximum Gasteiger partial charge on any atom is 0.253 e. The molecule has 2 aromatic carbocycles. The molecule has 0 spiro atoms. The second-order valence-corrected chi connectivity index (χ2v) is 9.67. The molecule has 0 saturated carbocycles. The Bertz CT molecular complexity index is 1100. The van der Waals surface area contributed by atoms with Gasteiger partial charge in [-0.3, -0.25) is 19.3 Å². The molecule has 3 amide bonds. The first kappa shape index (κ1) is 22.7. The van der Waals surface area contributed by atoms with E-state index in [0.29, 0.717) is 22.8 Å². The van der Waals surface area contributed by atoms with Gasteiger partial charge in [0.2, 0.25) is 11.8 Å². The number of benzene rings is 2. The number of nitrogens with zero attached hydrogens (tertiary/aromatic N) is 3. The zero-order valence-corrected chi connectivity index (χ0v) is 19.9. The highest BCUT2D eigenvalue weighted by molar-refractivity contribution is 6.30. The second-order valence-electron chi connectivity index (χ2n) is 9.24. The van der Waals surface area contributed by atoms with E-state index in [-0.39, 0.29) is 30.3 Å². The molecular formula is C26H29ClN4O3. The number of fused-ring (bicyclic) bond motifs is 3. The number of halogens is 1. The van der Waals surface area contributed by atoms with Crippen LogP contribution in [0, 0.1) is 0 Å². The van der Waals surface area contributed by atoms with Gasteiger partial charge in [0.1, 0.15) is 12.6 Å². The number of hydrogen-bond acceptors (Lipinski definition) is 4. The van der Waals surface area contributed by atoms with Crippen molar-refractivity contribution < 1.29 is 14.4 Å². The normalized spacial score (nSPS) is 19.6. The SMILES string of the molecule is O=C(CN1C(=O)C2CCCCN2c2ccc(C(=O)N3CCCC3)cc21)NCc1ccc(Cl)cc1. The molecule has 1 N–H and O–H groups in total. The Balaban J connectivity index is 1.39. The van der Waals surface area contributed by atoms with Crippen LogP contribution in [0.25, 0.3) is 0 Å². The number of likely N-dealkylation sites (tertiary alicyclic amines) is 1. The van der Waals surface area contributed by atoms with Gasteiger partial charge < -0.3 is 15.1 Å². The quantitative estimate of drug-likeness (QED) is 0.709. The standard InChI is InChI=1S/C26H29ClN4O3/c27-20-9-6-18(7-10-20)16-28-24(32)17-31-23-15-19(25(33)29-12-3-4-13-29)8-11-21(23)30-14-2-1-5-22(30)26(31)34/h6-11,15,22H,1-5,12-14,16-17H2,(H,28,32). The minimum Gasteiger partial charge on any atom is -0.358 e. The highest BCUT2D eigenvalue weighted by Gasteiger charge is 2.40. The summed E-state index contributed by atoms with van der Waals surface area (Å²) in [6, 6.07) is 12.6. The maximum absolute atomic E-state index is 13.5. The Labute approximate surface area is 204 Å². The third kappa shape index (κ3) is 4.49. The Morgan fingerprint density at radius 1 is 0.941 bits per heavy atom. The summed E-state index contributed by atoms with van der Waals surface area (Å²) in [5, 5.41) is 3.55. The van der Waals surface area contributed by atoms with Crippen molar-refractivity contribution in [1.82, 2.24) is 10.2 Å². The molecule has 2 aromatic rings. The number of rotatable bonds is 5. The number of piperidine rings is 1. The van der Waals surface area contributed by atoms with E-state index < -0.39 is 0 Å². The van der Waals surface area contributed by atoms with E-state index in [4.69, 9.17) is 11.6 Å². The van der Waals surface area contributed by atoms with Gasteiger partial charge in [0.05, 0.1) is 11.4 Å². The topological polar surface area (TPSA) is 73.0 Å². The number of nitrogens with one attached hydrogen (secondary N) is 1. The van der Waals surface area contributed by atoms with E-state index in [1.807, 2.05) is 29.2 Å². The molecule has 8 heteroatoms. The summed E-state index contributed by atoms with van der Waals surface area (Å²) in [4.78, 5) is 45.0. The van der Waals surface area contributed by atoms with Gasteiger partial charge in [-0.25, -0.2) is 0 Å². The maximum atomic E-state index is 13.5. The first-order valence-corrected chi connectivity index (χ1v) is 12.4. The summed E-state index contributed by atoms with van der Waals surface area (Å²) in [6.45, 7) is 2.61.